The molecule has 0 fully saturated rings. The Morgan fingerprint density at radius 3 is 2.58 bits per heavy atom. The summed E-state index contributed by atoms with van der Waals surface area (Å²) in [7, 11) is 5.32. The molecule has 1 aromatic carbocycles. The first kappa shape index (κ1) is 18.4. The van der Waals surface area contributed by atoms with E-state index in [1.165, 1.54) is 10.4 Å². The molecule has 3 rings (SSSR count). The molecule has 0 amide bonds. The van der Waals surface area contributed by atoms with E-state index in [0.717, 1.165) is 33.1 Å². The zero-order valence-corrected chi connectivity index (χ0v) is 16.6. The van der Waals surface area contributed by atoms with Crippen molar-refractivity contribution in [2.75, 3.05) is 27.0 Å². The van der Waals surface area contributed by atoms with Gasteiger partial charge in [0.2, 0.25) is 0 Å². The van der Waals surface area contributed by atoms with Crippen LogP contribution in [0.2, 0.25) is 0 Å². The molecule has 2 aromatic heterocycles. The standard InChI is InChI=1S/C19H24N4O2S/c1-11-12(2)26-19-16(11)18(20)21-15(22-19)10-23(3)9-13-7-6-8-14(24-4)17(13)25-5/h6-8H,9-10H2,1-5H3,(H2,20,21,22). The van der Waals surface area contributed by atoms with E-state index in [9.17, 15) is 0 Å². The van der Waals surface area contributed by atoms with Gasteiger partial charge in [-0.3, -0.25) is 4.90 Å². The zero-order valence-electron chi connectivity index (χ0n) is 15.8. The van der Waals surface area contributed by atoms with Crippen LogP contribution in [0, 0.1) is 13.8 Å². The number of nitrogens with zero attached hydrogens (tertiary/aromatic N) is 3. The third kappa shape index (κ3) is 3.45. The van der Waals surface area contributed by atoms with Crippen molar-refractivity contribution >= 4 is 27.4 Å². The molecule has 26 heavy (non-hydrogen) atoms. The summed E-state index contributed by atoms with van der Waals surface area (Å²) in [6.07, 6.45) is 0. The number of benzene rings is 1. The Hall–Kier alpha value is -2.38. The molecule has 0 saturated carbocycles. The smallest absolute Gasteiger partial charge is 0.165 e. The Kier molecular flexibility index (Phi) is 5.29. The first-order chi connectivity index (χ1) is 12.4. The highest BCUT2D eigenvalue weighted by Gasteiger charge is 2.15. The number of para-hydroxylation sites is 1. The van der Waals surface area contributed by atoms with Gasteiger partial charge in [-0.25, -0.2) is 9.97 Å². The lowest BCUT2D eigenvalue weighted by molar-refractivity contribution is 0.297. The average Bonchev–Trinajstić information content (AvgIpc) is 2.88. The molecule has 6 nitrogen and oxygen atoms in total. The van der Waals surface area contributed by atoms with E-state index in [2.05, 4.69) is 23.7 Å². The van der Waals surface area contributed by atoms with Crippen LogP contribution in [0.3, 0.4) is 0 Å². The number of aryl methyl sites for hydroxylation is 2. The van der Waals surface area contributed by atoms with Gasteiger partial charge in [0.05, 0.1) is 26.2 Å². The number of anilines is 1. The predicted octanol–water partition coefficient (Wildman–Crippen LogP) is 3.54. The molecule has 0 radical (unpaired) electrons. The van der Waals surface area contributed by atoms with Gasteiger partial charge in [0.15, 0.2) is 11.5 Å². The molecule has 0 saturated heterocycles. The quantitative estimate of drug-likeness (QED) is 0.713. The van der Waals surface area contributed by atoms with Gasteiger partial charge >= 0.3 is 0 Å². The van der Waals surface area contributed by atoms with Gasteiger partial charge in [-0.1, -0.05) is 12.1 Å². The van der Waals surface area contributed by atoms with Crippen LogP contribution in [0.15, 0.2) is 18.2 Å². The van der Waals surface area contributed by atoms with Crippen LogP contribution in [-0.4, -0.2) is 36.1 Å². The van der Waals surface area contributed by atoms with E-state index in [4.69, 9.17) is 20.2 Å². The van der Waals surface area contributed by atoms with Crippen LogP contribution < -0.4 is 15.2 Å². The highest BCUT2D eigenvalue weighted by atomic mass is 32.1. The number of rotatable bonds is 6. The summed E-state index contributed by atoms with van der Waals surface area (Å²) >= 11 is 1.66. The van der Waals surface area contributed by atoms with Gasteiger partial charge in [-0.05, 0) is 32.5 Å². The van der Waals surface area contributed by atoms with Gasteiger partial charge < -0.3 is 15.2 Å². The third-order valence-corrected chi connectivity index (χ3v) is 5.54. The topological polar surface area (TPSA) is 73.5 Å². The van der Waals surface area contributed by atoms with E-state index in [-0.39, 0.29) is 0 Å². The van der Waals surface area contributed by atoms with Crippen LogP contribution in [0.5, 0.6) is 11.5 Å². The van der Waals surface area contributed by atoms with Gasteiger partial charge in [0.25, 0.3) is 0 Å². The summed E-state index contributed by atoms with van der Waals surface area (Å²) in [5.41, 5.74) is 8.40. The van der Waals surface area contributed by atoms with Crippen molar-refractivity contribution < 1.29 is 9.47 Å². The molecule has 2 heterocycles. The minimum Gasteiger partial charge on any atom is -0.493 e. The number of fused-ring (bicyclic) bond motifs is 1. The predicted molar refractivity (Wildman–Crippen MR) is 106 cm³/mol. The molecule has 0 spiro atoms. The number of hydrogen-bond donors (Lipinski definition) is 1. The van der Waals surface area contributed by atoms with Crippen LogP contribution in [-0.2, 0) is 13.1 Å². The lowest BCUT2D eigenvalue weighted by Crippen LogP contribution is -2.19. The summed E-state index contributed by atoms with van der Waals surface area (Å²) < 4.78 is 10.9. The Bertz CT molecular complexity index is 939. The van der Waals surface area contributed by atoms with Crippen molar-refractivity contribution in [3.8, 4) is 11.5 Å². The normalized spacial score (nSPS) is 11.3. The second kappa shape index (κ2) is 7.47. The van der Waals surface area contributed by atoms with Crippen molar-refractivity contribution in [1.29, 1.82) is 0 Å². The van der Waals surface area contributed by atoms with E-state index >= 15 is 0 Å². The summed E-state index contributed by atoms with van der Waals surface area (Å²) in [6.45, 7) is 5.43. The zero-order chi connectivity index (χ0) is 18.8. The first-order valence-corrected chi connectivity index (χ1v) is 9.16. The van der Waals surface area contributed by atoms with Gasteiger partial charge in [0.1, 0.15) is 16.5 Å². The van der Waals surface area contributed by atoms with E-state index in [1.54, 1.807) is 25.6 Å². The van der Waals surface area contributed by atoms with Crippen molar-refractivity contribution in [2.45, 2.75) is 26.9 Å². The Balaban J connectivity index is 1.83. The summed E-state index contributed by atoms with van der Waals surface area (Å²) in [4.78, 5) is 13.5. The number of methoxy groups -OCH3 is 2. The molecule has 0 atom stereocenters. The molecule has 0 aliphatic carbocycles. The molecular formula is C19H24N4O2S. The van der Waals surface area contributed by atoms with Crippen LogP contribution >= 0.6 is 11.3 Å². The molecule has 138 valence electrons. The highest BCUT2D eigenvalue weighted by molar-refractivity contribution is 7.18. The molecular weight excluding hydrogens is 348 g/mol. The first-order valence-electron chi connectivity index (χ1n) is 8.35. The lowest BCUT2D eigenvalue weighted by Gasteiger charge is -2.19. The molecule has 3 aromatic rings. The molecule has 0 bridgehead atoms. The fraction of sp³-hybridized carbons (Fsp3) is 0.368. The van der Waals surface area contributed by atoms with E-state index in [1.807, 2.05) is 25.2 Å². The molecule has 0 aliphatic heterocycles. The summed E-state index contributed by atoms with van der Waals surface area (Å²) in [5.74, 6) is 2.76. The molecule has 0 unspecified atom stereocenters. The number of thiophene rings is 1. The summed E-state index contributed by atoms with van der Waals surface area (Å²) in [5, 5.41) is 0.980. The minimum absolute atomic E-state index is 0.555. The Morgan fingerprint density at radius 1 is 1.12 bits per heavy atom. The lowest BCUT2D eigenvalue weighted by atomic mass is 10.1. The number of nitrogens with two attached hydrogens (primary N) is 1. The number of hydrogen-bond acceptors (Lipinski definition) is 7. The minimum atomic E-state index is 0.555. The van der Waals surface area contributed by atoms with Crippen molar-refractivity contribution in [3.63, 3.8) is 0 Å². The number of aromatic nitrogens is 2. The fourth-order valence-corrected chi connectivity index (χ4v) is 4.12. The third-order valence-electron chi connectivity index (χ3n) is 4.44. The van der Waals surface area contributed by atoms with Crippen LogP contribution in [0.4, 0.5) is 5.82 Å². The molecule has 2 N–H and O–H groups in total. The van der Waals surface area contributed by atoms with E-state index in [0.29, 0.717) is 18.9 Å². The van der Waals surface area contributed by atoms with Crippen molar-refractivity contribution in [1.82, 2.24) is 14.9 Å². The monoisotopic (exact) mass is 372 g/mol. The Labute approximate surface area is 157 Å². The number of nitrogen functional groups attached to an aromatic ring is 1. The Morgan fingerprint density at radius 2 is 1.88 bits per heavy atom. The van der Waals surface area contributed by atoms with Crippen LogP contribution in [0.25, 0.3) is 10.2 Å². The highest BCUT2D eigenvalue weighted by Crippen LogP contribution is 2.33. The van der Waals surface area contributed by atoms with Gasteiger partial charge in [-0.15, -0.1) is 11.3 Å². The second-order valence-electron chi connectivity index (χ2n) is 6.31. The SMILES string of the molecule is COc1cccc(CN(C)Cc2nc(N)c3c(C)c(C)sc3n2)c1OC. The maximum absolute atomic E-state index is 6.18. The summed E-state index contributed by atoms with van der Waals surface area (Å²) in [6, 6.07) is 5.88. The van der Waals surface area contributed by atoms with E-state index < -0.39 is 0 Å². The maximum Gasteiger partial charge on any atom is 0.165 e. The van der Waals surface area contributed by atoms with Crippen LogP contribution in [0.1, 0.15) is 21.8 Å². The van der Waals surface area contributed by atoms with Crippen molar-refractivity contribution in [2.24, 2.45) is 0 Å². The number of ether oxygens (including phenoxy) is 2. The fourth-order valence-electron chi connectivity index (χ4n) is 3.06. The second-order valence-corrected chi connectivity index (χ2v) is 7.52. The van der Waals surface area contributed by atoms with Gasteiger partial charge in [-0.2, -0.15) is 0 Å². The van der Waals surface area contributed by atoms with Gasteiger partial charge in [0, 0.05) is 17.0 Å². The largest absolute Gasteiger partial charge is 0.493 e. The van der Waals surface area contributed by atoms with Crippen molar-refractivity contribution in [3.05, 3.63) is 40.0 Å². The molecule has 0 aliphatic rings. The maximum atomic E-state index is 6.18. The average molecular weight is 372 g/mol. The molecule has 7 heteroatoms.